The highest BCUT2D eigenvalue weighted by atomic mass is 16.1. The molecule has 0 aliphatic heterocycles. The van der Waals surface area contributed by atoms with E-state index in [0.29, 0.717) is 0 Å². The summed E-state index contributed by atoms with van der Waals surface area (Å²) in [5.41, 5.74) is 4.15. The van der Waals surface area contributed by atoms with E-state index in [1.54, 1.807) is 0 Å². The SMILES string of the molecule is CCCCCn1c(CCCCCNC(=O)c2ccccc2C)nc2ccccc21. The quantitative estimate of drug-likeness (QED) is 0.428. The summed E-state index contributed by atoms with van der Waals surface area (Å²) in [6.45, 7) is 5.99. The first kappa shape index (κ1) is 21.1. The second kappa shape index (κ2) is 10.8. The second-order valence-electron chi connectivity index (χ2n) is 7.76. The van der Waals surface area contributed by atoms with Crippen LogP contribution in [0.5, 0.6) is 0 Å². The monoisotopic (exact) mass is 391 g/mol. The van der Waals surface area contributed by atoms with Crippen molar-refractivity contribution < 1.29 is 4.79 Å². The number of nitrogens with zero attached hydrogens (tertiary/aromatic N) is 2. The summed E-state index contributed by atoms with van der Waals surface area (Å²) in [6.07, 6.45) is 7.86. The molecule has 1 N–H and O–H groups in total. The highest BCUT2D eigenvalue weighted by Crippen LogP contribution is 2.19. The van der Waals surface area contributed by atoms with E-state index in [2.05, 4.69) is 41.1 Å². The molecule has 0 bridgehead atoms. The Hall–Kier alpha value is -2.62. The Kier molecular flexibility index (Phi) is 7.85. The van der Waals surface area contributed by atoms with Crippen LogP contribution in [-0.2, 0) is 13.0 Å². The van der Waals surface area contributed by atoms with Crippen LogP contribution >= 0.6 is 0 Å². The highest BCUT2D eigenvalue weighted by molar-refractivity contribution is 5.95. The first-order chi connectivity index (χ1) is 14.2. The van der Waals surface area contributed by atoms with E-state index in [4.69, 9.17) is 4.98 Å². The van der Waals surface area contributed by atoms with Crippen LogP contribution in [0.25, 0.3) is 11.0 Å². The molecule has 0 saturated heterocycles. The molecule has 3 aromatic rings. The van der Waals surface area contributed by atoms with E-state index in [9.17, 15) is 4.79 Å². The predicted molar refractivity (Wildman–Crippen MR) is 120 cm³/mol. The molecule has 0 saturated carbocycles. The van der Waals surface area contributed by atoms with Gasteiger partial charge in [-0.15, -0.1) is 0 Å². The van der Waals surface area contributed by atoms with Gasteiger partial charge >= 0.3 is 0 Å². The molecule has 4 heteroatoms. The van der Waals surface area contributed by atoms with E-state index in [-0.39, 0.29) is 5.91 Å². The Bertz CT molecular complexity index is 929. The van der Waals surface area contributed by atoms with Crippen molar-refractivity contribution in [3.8, 4) is 0 Å². The van der Waals surface area contributed by atoms with Crippen molar-refractivity contribution in [3.63, 3.8) is 0 Å². The van der Waals surface area contributed by atoms with Gasteiger partial charge in [-0.3, -0.25) is 4.79 Å². The number of benzene rings is 2. The lowest BCUT2D eigenvalue weighted by molar-refractivity contribution is 0.0952. The number of rotatable bonds is 11. The molecular formula is C25H33N3O. The molecule has 0 unspecified atom stereocenters. The number of carbonyl (C=O) groups excluding carboxylic acids is 1. The third kappa shape index (κ3) is 5.69. The minimum absolute atomic E-state index is 0.0285. The summed E-state index contributed by atoms with van der Waals surface area (Å²) < 4.78 is 2.41. The first-order valence-electron chi connectivity index (χ1n) is 11.0. The molecule has 0 atom stereocenters. The van der Waals surface area contributed by atoms with Crippen LogP contribution in [0.4, 0.5) is 0 Å². The first-order valence-corrected chi connectivity index (χ1v) is 11.0. The lowest BCUT2D eigenvalue weighted by Gasteiger charge is -2.09. The normalized spacial score (nSPS) is 11.1. The lowest BCUT2D eigenvalue weighted by atomic mass is 10.1. The van der Waals surface area contributed by atoms with E-state index in [1.165, 1.54) is 30.6 Å². The van der Waals surface area contributed by atoms with Crippen LogP contribution in [0.3, 0.4) is 0 Å². The maximum absolute atomic E-state index is 12.3. The third-order valence-electron chi connectivity index (χ3n) is 5.47. The molecular weight excluding hydrogens is 358 g/mol. The van der Waals surface area contributed by atoms with Gasteiger partial charge in [-0.25, -0.2) is 4.98 Å². The zero-order chi connectivity index (χ0) is 20.5. The minimum atomic E-state index is 0.0285. The van der Waals surface area contributed by atoms with E-state index in [0.717, 1.165) is 55.4 Å². The largest absolute Gasteiger partial charge is 0.352 e. The van der Waals surface area contributed by atoms with Crippen LogP contribution in [0.15, 0.2) is 48.5 Å². The zero-order valence-electron chi connectivity index (χ0n) is 17.8. The fourth-order valence-corrected chi connectivity index (χ4v) is 3.80. The van der Waals surface area contributed by atoms with Crippen molar-refractivity contribution in [2.24, 2.45) is 0 Å². The third-order valence-corrected chi connectivity index (χ3v) is 5.47. The molecule has 0 spiro atoms. The molecule has 3 rings (SSSR count). The van der Waals surface area contributed by atoms with E-state index < -0.39 is 0 Å². The summed E-state index contributed by atoms with van der Waals surface area (Å²) in [6, 6.07) is 16.2. The van der Waals surface area contributed by atoms with Gasteiger partial charge in [-0.05, 0) is 49.9 Å². The Labute approximate surface area is 174 Å². The van der Waals surface area contributed by atoms with Crippen LogP contribution in [0.2, 0.25) is 0 Å². The van der Waals surface area contributed by atoms with Gasteiger partial charge in [0, 0.05) is 25.1 Å². The molecule has 0 fully saturated rings. The molecule has 2 aromatic carbocycles. The number of nitrogens with one attached hydrogen (secondary N) is 1. The molecule has 154 valence electrons. The van der Waals surface area contributed by atoms with Gasteiger partial charge in [-0.2, -0.15) is 0 Å². The maximum Gasteiger partial charge on any atom is 0.251 e. The number of para-hydroxylation sites is 2. The highest BCUT2D eigenvalue weighted by Gasteiger charge is 2.10. The van der Waals surface area contributed by atoms with Gasteiger partial charge < -0.3 is 9.88 Å². The summed E-state index contributed by atoms with van der Waals surface area (Å²) in [5, 5.41) is 3.05. The predicted octanol–water partition coefficient (Wildman–Crippen LogP) is 5.68. The average Bonchev–Trinajstić information content (AvgIpc) is 3.08. The number of hydrogen-bond donors (Lipinski definition) is 1. The molecule has 0 aliphatic carbocycles. The fraction of sp³-hybridized carbons (Fsp3) is 0.440. The van der Waals surface area contributed by atoms with Gasteiger partial charge in [0.25, 0.3) is 5.91 Å². The Morgan fingerprint density at radius 3 is 2.59 bits per heavy atom. The summed E-state index contributed by atoms with van der Waals surface area (Å²) in [5.74, 6) is 1.23. The van der Waals surface area contributed by atoms with Crippen LogP contribution in [0, 0.1) is 6.92 Å². The molecule has 1 amide bonds. The summed E-state index contributed by atoms with van der Waals surface area (Å²) in [7, 11) is 0. The van der Waals surface area contributed by atoms with Gasteiger partial charge in [0.05, 0.1) is 11.0 Å². The topological polar surface area (TPSA) is 46.9 Å². The molecule has 29 heavy (non-hydrogen) atoms. The number of aryl methyl sites for hydroxylation is 3. The number of hydrogen-bond acceptors (Lipinski definition) is 2. The van der Waals surface area contributed by atoms with Crippen molar-refractivity contribution in [3.05, 3.63) is 65.5 Å². The molecule has 1 heterocycles. The van der Waals surface area contributed by atoms with Crippen molar-refractivity contribution in [2.45, 2.75) is 65.3 Å². The Balaban J connectivity index is 1.46. The Morgan fingerprint density at radius 2 is 1.76 bits per heavy atom. The summed E-state index contributed by atoms with van der Waals surface area (Å²) in [4.78, 5) is 17.1. The molecule has 4 nitrogen and oxygen atoms in total. The number of imidazole rings is 1. The molecule has 1 aromatic heterocycles. The van der Waals surface area contributed by atoms with Gasteiger partial charge in [0.2, 0.25) is 0 Å². The number of carbonyl (C=O) groups is 1. The van der Waals surface area contributed by atoms with Crippen molar-refractivity contribution >= 4 is 16.9 Å². The fourth-order valence-electron chi connectivity index (χ4n) is 3.80. The second-order valence-corrected chi connectivity index (χ2v) is 7.76. The van der Waals surface area contributed by atoms with Gasteiger partial charge in [-0.1, -0.05) is 56.5 Å². The van der Waals surface area contributed by atoms with Crippen LogP contribution < -0.4 is 5.32 Å². The molecule has 0 radical (unpaired) electrons. The summed E-state index contributed by atoms with van der Waals surface area (Å²) >= 11 is 0. The standard InChI is InChI=1S/C25H33N3O/c1-3-4-12-19-28-23-16-10-9-15-22(23)27-24(28)17-6-5-11-18-26-25(29)21-14-8-7-13-20(21)2/h7-10,13-16H,3-6,11-12,17-19H2,1-2H3,(H,26,29). The van der Waals surface area contributed by atoms with E-state index >= 15 is 0 Å². The van der Waals surface area contributed by atoms with Crippen molar-refractivity contribution in [1.82, 2.24) is 14.9 Å². The van der Waals surface area contributed by atoms with Crippen LogP contribution in [0.1, 0.15) is 67.2 Å². The number of unbranched alkanes of at least 4 members (excludes halogenated alkanes) is 4. The smallest absolute Gasteiger partial charge is 0.251 e. The van der Waals surface area contributed by atoms with Crippen molar-refractivity contribution in [1.29, 1.82) is 0 Å². The van der Waals surface area contributed by atoms with E-state index in [1.807, 2.05) is 31.2 Å². The molecule has 0 aliphatic rings. The maximum atomic E-state index is 12.3. The van der Waals surface area contributed by atoms with Crippen molar-refractivity contribution in [2.75, 3.05) is 6.54 Å². The minimum Gasteiger partial charge on any atom is -0.352 e. The average molecular weight is 392 g/mol. The van der Waals surface area contributed by atoms with Gasteiger partial charge in [0.15, 0.2) is 0 Å². The van der Waals surface area contributed by atoms with Crippen LogP contribution in [-0.4, -0.2) is 22.0 Å². The lowest BCUT2D eigenvalue weighted by Crippen LogP contribution is -2.25. The zero-order valence-corrected chi connectivity index (χ0v) is 17.8. The number of aromatic nitrogens is 2. The Morgan fingerprint density at radius 1 is 0.966 bits per heavy atom. The number of amides is 1. The van der Waals surface area contributed by atoms with Gasteiger partial charge in [0.1, 0.15) is 5.82 Å². The number of fused-ring (bicyclic) bond motifs is 1.